The summed E-state index contributed by atoms with van der Waals surface area (Å²) in [7, 11) is 0. The predicted molar refractivity (Wildman–Crippen MR) is 48.5 cm³/mol. The van der Waals surface area contributed by atoms with Crippen molar-refractivity contribution in [2.45, 2.75) is 0 Å². The minimum atomic E-state index is 0.543. The molecule has 0 atom stereocenters. The third kappa shape index (κ3) is 2.71. The number of benzene rings is 1. The summed E-state index contributed by atoms with van der Waals surface area (Å²) >= 11 is 0. The van der Waals surface area contributed by atoms with Gasteiger partial charge in [0.25, 0.3) is 0 Å². The molecule has 0 fully saturated rings. The summed E-state index contributed by atoms with van der Waals surface area (Å²) in [5.41, 5.74) is 6.39. The van der Waals surface area contributed by atoms with E-state index >= 15 is 0 Å². The second-order valence-electron chi connectivity index (χ2n) is 2.20. The average molecular weight is 176 g/mol. The molecule has 0 aliphatic carbocycles. The maximum atomic E-state index is 9.92. The molecule has 0 saturated carbocycles. The van der Waals surface area contributed by atoms with Crippen molar-refractivity contribution >= 4 is 17.8 Å². The Balaban J connectivity index is 2.59. The minimum Gasteiger partial charge on any atom is -0.299 e. The third-order valence-electron chi connectivity index (χ3n) is 1.36. The van der Waals surface area contributed by atoms with E-state index in [-0.39, 0.29) is 0 Å². The Morgan fingerprint density at radius 3 is 2.38 bits per heavy atom. The Labute approximate surface area is 75.3 Å². The number of carbonyl (C=O) groups excluding carboxylic acids is 1. The molecule has 1 aromatic rings. The molecule has 5 nitrogen and oxygen atoms in total. The first-order chi connectivity index (χ1) is 6.36. The summed E-state index contributed by atoms with van der Waals surface area (Å²) in [4.78, 5) is 9.92. The molecule has 0 spiro atoms. The van der Waals surface area contributed by atoms with E-state index < -0.39 is 0 Å². The molecule has 0 aliphatic rings. The van der Waals surface area contributed by atoms with E-state index in [1.165, 1.54) is 0 Å². The lowest BCUT2D eigenvalue weighted by atomic mass is 10.3. The highest BCUT2D eigenvalue weighted by molar-refractivity contribution is 5.57. The number of nitriles is 1. The molecule has 0 heterocycles. The molecular formula is C8H8N4O. The molecule has 1 aromatic carbocycles. The van der Waals surface area contributed by atoms with Crippen LogP contribution in [-0.4, -0.2) is 6.41 Å². The summed E-state index contributed by atoms with van der Waals surface area (Å²) in [6.07, 6.45) is 2.35. The van der Waals surface area contributed by atoms with Gasteiger partial charge in [0.15, 0.2) is 6.19 Å². The second-order valence-corrected chi connectivity index (χ2v) is 2.20. The van der Waals surface area contributed by atoms with Crippen LogP contribution in [0, 0.1) is 11.5 Å². The van der Waals surface area contributed by atoms with Crippen molar-refractivity contribution in [3.8, 4) is 6.19 Å². The average Bonchev–Trinajstić information content (AvgIpc) is 2.17. The first kappa shape index (κ1) is 8.87. The zero-order valence-corrected chi connectivity index (χ0v) is 6.74. The quantitative estimate of drug-likeness (QED) is 0.272. The van der Waals surface area contributed by atoms with Crippen LogP contribution in [0.15, 0.2) is 24.3 Å². The number of hydrazine groups is 1. The van der Waals surface area contributed by atoms with Crippen LogP contribution in [0.2, 0.25) is 0 Å². The molecule has 66 valence electrons. The van der Waals surface area contributed by atoms with Gasteiger partial charge in [0.05, 0.1) is 5.69 Å². The highest BCUT2D eigenvalue weighted by Gasteiger charge is 1.90. The Morgan fingerprint density at radius 2 is 1.85 bits per heavy atom. The lowest BCUT2D eigenvalue weighted by molar-refractivity contribution is -0.109. The molecule has 0 aromatic heterocycles. The van der Waals surface area contributed by atoms with E-state index in [1.54, 1.807) is 30.5 Å². The van der Waals surface area contributed by atoms with Crippen LogP contribution >= 0.6 is 0 Å². The van der Waals surface area contributed by atoms with Gasteiger partial charge in [0.1, 0.15) is 0 Å². The molecule has 1 rings (SSSR count). The Bertz CT molecular complexity index is 314. The summed E-state index contributed by atoms with van der Waals surface area (Å²) in [5.74, 6) is 0. The number of anilines is 2. The molecule has 13 heavy (non-hydrogen) atoms. The molecular weight excluding hydrogens is 168 g/mol. The maximum Gasteiger partial charge on any atom is 0.225 e. The smallest absolute Gasteiger partial charge is 0.225 e. The highest BCUT2D eigenvalue weighted by Crippen LogP contribution is 2.11. The Kier molecular flexibility index (Phi) is 3.15. The first-order valence-electron chi connectivity index (χ1n) is 3.57. The largest absolute Gasteiger partial charge is 0.299 e. The van der Waals surface area contributed by atoms with Crippen LogP contribution in [0.25, 0.3) is 0 Å². The molecule has 0 radical (unpaired) electrons. The van der Waals surface area contributed by atoms with E-state index in [4.69, 9.17) is 5.26 Å². The number of carbonyl (C=O) groups is 1. The van der Waals surface area contributed by atoms with Crippen LogP contribution in [-0.2, 0) is 4.79 Å². The molecule has 0 saturated heterocycles. The van der Waals surface area contributed by atoms with Gasteiger partial charge in [-0.15, -0.1) is 0 Å². The van der Waals surface area contributed by atoms with Gasteiger partial charge in [-0.2, -0.15) is 5.26 Å². The summed E-state index contributed by atoms with van der Waals surface area (Å²) in [6, 6.07) is 6.91. The summed E-state index contributed by atoms with van der Waals surface area (Å²) in [6.45, 7) is 0. The first-order valence-corrected chi connectivity index (χ1v) is 3.57. The molecule has 0 aliphatic heterocycles. The molecule has 0 unspecified atom stereocenters. The van der Waals surface area contributed by atoms with Crippen LogP contribution < -0.4 is 16.2 Å². The standard InChI is InChI=1S/C8H8N4O/c9-5-10-7-1-3-8(4-2-7)12-11-6-13/h1-4,6,10,12H,(H,11,13). The highest BCUT2D eigenvalue weighted by atomic mass is 16.1. The fourth-order valence-corrected chi connectivity index (χ4v) is 0.814. The zero-order valence-electron chi connectivity index (χ0n) is 6.74. The SMILES string of the molecule is N#CNc1ccc(NNC=O)cc1. The van der Waals surface area contributed by atoms with Gasteiger partial charge in [-0.25, -0.2) is 0 Å². The molecule has 5 heteroatoms. The monoisotopic (exact) mass is 176 g/mol. The van der Waals surface area contributed by atoms with Crippen LogP contribution in [0.4, 0.5) is 11.4 Å². The van der Waals surface area contributed by atoms with E-state index in [9.17, 15) is 4.79 Å². The van der Waals surface area contributed by atoms with E-state index in [0.717, 1.165) is 5.69 Å². The lowest BCUT2D eigenvalue weighted by Crippen LogP contribution is -2.18. The number of nitrogens with one attached hydrogen (secondary N) is 3. The normalized spacial score (nSPS) is 8.23. The minimum absolute atomic E-state index is 0.543. The number of nitrogens with zero attached hydrogens (tertiary/aromatic N) is 1. The van der Waals surface area contributed by atoms with Gasteiger partial charge in [-0.3, -0.25) is 21.0 Å². The van der Waals surface area contributed by atoms with Crippen LogP contribution in [0.3, 0.4) is 0 Å². The van der Waals surface area contributed by atoms with Crippen molar-refractivity contribution in [3.63, 3.8) is 0 Å². The Hall–Kier alpha value is -2.22. The van der Waals surface area contributed by atoms with Crippen LogP contribution in [0.1, 0.15) is 0 Å². The maximum absolute atomic E-state index is 9.92. The van der Waals surface area contributed by atoms with Gasteiger partial charge < -0.3 is 0 Å². The van der Waals surface area contributed by atoms with Crippen molar-refractivity contribution in [1.82, 2.24) is 5.43 Å². The van der Waals surface area contributed by atoms with Crippen LogP contribution in [0.5, 0.6) is 0 Å². The number of hydrogen-bond acceptors (Lipinski definition) is 4. The number of rotatable bonds is 4. The third-order valence-corrected chi connectivity index (χ3v) is 1.36. The summed E-state index contributed by atoms with van der Waals surface area (Å²) in [5, 5.41) is 10.8. The number of amides is 1. The fraction of sp³-hybridized carbons (Fsp3) is 0. The topological polar surface area (TPSA) is 77.0 Å². The van der Waals surface area contributed by atoms with Crippen molar-refractivity contribution in [2.75, 3.05) is 10.7 Å². The molecule has 1 amide bonds. The van der Waals surface area contributed by atoms with E-state index in [0.29, 0.717) is 12.1 Å². The van der Waals surface area contributed by atoms with Gasteiger partial charge >= 0.3 is 0 Å². The zero-order chi connectivity index (χ0) is 9.52. The van der Waals surface area contributed by atoms with Crippen molar-refractivity contribution in [2.24, 2.45) is 0 Å². The number of hydrogen-bond donors (Lipinski definition) is 3. The molecule has 0 bridgehead atoms. The summed E-state index contributed by atoms with van der Waals surface area (Å²) < 4.78 is 0. The van der Waals surface area contributed by atoms with Gasteiger partial charge in [-0.05, 0) is 24.3 Å². The second kappa shape index (κ2) is 4.62. The predicted octanol–water partition coefficient (Wildman–Crippen LogP) is 0.652. The fourth-order valence-electron chi connectivity index (χ4n) is 0.814. The van der Waals surface area contributed by atoms with Crippen molar-refractivity contribution < 1.29 is 4.79 Å². The van der Waals surface area contributed by atoms with Gasteiger partial charge in [0.2, 0.25) is 6.41 Å². The van der Waals surface area contributed by atoms with E-state index in [1.807, 2.05) is 0 Å². The van der Waals surface area contributed by atoms with Crippen molar-refractivity contribution in [1.29, 1.82) is 5.26 Å². The van der Waals surface area contributed by atoms with E-state index in [2.05, 4.69) is 16.2 Å². The van der Waals surface area contributed by atoms with Gasteiger partial charge in [-0.1, -0.05) is 0 Å². The molecule has 3 N–H and O–H groups in total. The van der Waals surface area contributed by atoms with Gasteiger partial charge in [0, 0.05) is 5.69 Å². The lowest BCUT2D eigenvalue weighted by Gasteiger charge is -2.03. The Morgan fingerprint density at radius 1 is 1.23 bits per heavy atom. The van der Waals surface area contributed by atoms with Crippen molar-refractivity contribution in [3.05, 3.63) is 24.3 Å².